The molecular formula is C6H11N3. The van der Waals surface area contributed by atoms with Crippen molar-refractivity contribution in [2.24, 2.45) is 11.5 Å². The molecule has 0 aliphatic carbocycles. The van der Waals surface area contributed by atoms with Crippen molar-refractivity contribution in [3.63, 3.8) is 0 Å². The molecule has 1 aliphatic rings. The molecule has 0 aromatic heterocycles. The Morgan fingerprint density at radius 1 is 1.56 bits per heavy atom. The molecular weight excluding hydrogens is 114 g/mol. The van der Waals surface area contributed by atoms with Crippen LogP contribution in [0.25, 0.3) is 0 Å². The molecule has 0 aromatic rings. The van der Waals surface area contributed by atoms with E-state index >= 15 is 0 Å². The fourth-order valence-electron chi connectivity index (χ4n) is 0.744. The van der Waals surface area contributed by atoms with E-state index in [1.54, 1.807) is 0 Å². The van der Waals surface area contributed by atoms with E-state index in [2.05, 4.69) is 5.32 Å². The summed E-state index contributed by atoms with van der Waals surface area (Å²) in [6.07, 6.45) is 1.88. The van der Waals surface area contributed by atoms with E-state index < -0.39 is 0 Å². The van der Waals surface area contributed by atoms with Crippen molar-refractivity contribution < 1.29 is 0 Å². The predicted molar refractivity (Wildman–Crippen MR) is 37.2 cm³/mol. The lowest BCUT2D eigenvalue weighted by molar-refractivity contribution is 0.814. The molecule has 0 atom stereocenters. The minimum absolute atomic E-state index is 0.670. The molecule has 1 aliphatic heterocycles. The average Bonchev–Trinajstić information content (AvgIpc) is 1.80. The summed E-state index contributed by atoms with van der Waals surface area (Å²) in [5.41, 5.74) is 12.9. The third kappa shape index (κ3) is 1.16. The molecule has 1 heterocycles. The molecule has 0 aromatic carbocycles. The van der Waals surface area contributed by atoms with Crippen molar-refractivity contribution >= 4 is 0 Å². The maximum atomic E-state index is 5.51. The van der Waals surface area contributed by atoms with Crippen LogP contribution in [-0.4, -0.2) is 6.54 Å². The van der Waals surface area contributed by atoms with Gasteiger partial charge in [0, 0.05) is 5.70 Å². The van der Waals surface area contributed by atoms with E-state index in [4.69, 9.17) is 11.5 Å². The maximum absolute atomic E-state index is 5.51. The first-order valence-corrected chi connectivity index (χ1v) is 2.86. The summed E-state index contributed by atoms with van der Waals surface area (Å²) in [6.45, 7) is 2.59. The van der Waals surface area contributed by atoms with Gasteiger partial charge in [0.1, 0.15) is 0 Å². The molecule has 0 saturated heterocycles. The first kappa shape index (κ1) is 6.01. The molecule has 0 bridgehead atoms. The van der Waals surface area contributed by atoms with Gasteiger partial charge in [0.05, 0.1) is 12.4 Å². The van der Waals surface area contributed by atoms with Crippen molar-refractivity contribution in [1.29, 1.82) is 0 Å². The van der Waals surface area contributed by atoms with Crippen LogP contribution >= 0.6 is 0 Å². The number of allylic oxidation sites excluding steroid dienone is 2. The van der Waals surface area contributed by atoms with Gasteiger partial charge in [-0.2, -0.15) is 0 Å². The van der Waals surface area contributed by atoms with Gasteiger partial charge in [-0.15, -0.1) is 0 Å². The van der Waals surface area contributed by atoms with E-state index in [-0.39, 0.29) is 0 Å². The van der Waals surface area contributed by atoms with Crippen LogP contribution in [0.3, 0.4) is 0 Å². The average molecular weight is 125 g/mol. The smallest absolute Gasteiger partial charge is 0.0994 e. The highest BCUT2D eigenvalue weighted by atomic mass is 15.0. The lowest BCUT2D eigenvalue weighted by Crippen LogP contribution is -2.29. The lowest BCUT2D eigenvalue weighted by Gasteiger charge is -2.13. The zero-order valence-electron chi connectivity index (χ0n) is 5.44. The highest BCUT2D eigenvalue weighted by Crippen LogP contribution is 2.03. The van der Waals surface area contributed by atoms with Crippen LogP contribution in [0.1, 0.15) is 6.92 Å². The van der Waals surface area contributed by atoms with Gasteiger partial charge in [-0.3, -0.25) is 0 Å². The van der Waals surface area contributed by atoms with Gasteiger partial charge in [-0.25, -0.2) is 0 Å². The number of hydrogen-bond acceptors (Lipinski definition) is 3. The molecule has 0 fully saturated rings. The molecule has 5 N–H and O–H groups in total. The second kappa shape index (κ2) is 2.01. The zero-order valence-corrected chi connectivity index (χ0v) is 5.44. The van der Waals surface area contributed by atoms with Crippen LogP contribution in [0, 0.1) is 0 Å². The largest absolute Gasteiger partial charge is 0.401 e. The fraction of sp³-hybridized carbons (Fsp3) is 0.333. The van der Waals surface area contributed by atoms with Gasteiger partial charge in [0.2, 0.25) is 0 Å². The Bertz CT molecular complexity index is 179. The summed E-state index contributed by atoms with van der Waals surface area (Å²) in [4.78, 5) is 0. The molecule has 3 heteroatoms. The van der Waals surface area contributed by atoms with E-state index in [9.17, 15) is 0 Å². The summed E-state index contributed by atoms with van der Waals surface area (Å²) in [5, 5.41) is 2.95. The standard InChI is InChI=1S/C6H11N3/c1-4-2-5(7)3-9-6(4)8/h2,9H,3,7-8H2,1H3. The van der Waals surface area contributed by atoms with Crippen LogP contribution in [-0.2, 0) is 0 Å². The quantitative estimate of drug-likeness (QED) is 0.413. The third-order valence-electron chi connectivity index (χ3n) is 1.31. The van der Waals surface area contributed by atoms with Crippen LogP contribution in [0.4, 0.5) is 0 Å². The molecule has 50 valence electrons. The second-order valence-corrected chi connectivity index (χ2v) is 2.17. The highest BCUT2D eigenvalue weighted by Gasteiger charge is 2.01. The monoisotopic (exact) mass is 125 g/mol. The molecule has 9 heavy (non-hydrogen) atoms. The number of nitrogens with one attached hydrogen (secondary N) is 1. The Morgan fingerprint density at radius 2 is 2.22 bits per heavy atom. The van der Waals surface area contributed by atoms with Gasteiger partial charge < -0.3 is 16.8 Å². The van der Waals surface area contributed by atoms with E-state index in [1.807, 2.05) is 13.0 Å². The molecule has 0 saturated carbocycles. The normalized spacial score (nSPS) is 19.0. The van der Waals surface area contributed by atoms with Gasteiger partial charge in [-0.1, -0.05) is 0 Å². The summed E-state index contributed by atoms with van der Waals surface area (Å²) in [5.74, 6) is 0.726. The maximum Gasteiger partial charge on any atom is 0.0994 e. The topological polar surface area (TPSA) is 64.1 Å². The summed E-state index contributed by atoms with van der Waals surface area (Å²) in [6, 6.07) is 0. The van der Waals surface area contributed by atoms with Gasteiger partial charge >= 0.3 is 0 Å². The van der Waals surface area contributed by atoms with Gasteiger partial charge in [-0.05, 0) is 18.6 Å². The first-order valence-electron chi connectivity index (χ1n) is 2.86. The minimum Gasteiger partial charge on any atom is -0.401 e. The number of hydrogen-bond donors (Lipinski definition) is 3. The second-order valence-electron chi connectivity index (χ2n) is 2.17. The molecule has 1 rings (SSSR count). The Morgan fingerprint density at radius 3 is 2.67 bits per heavy atom. The minimum atomic E-state index is 0.670. The Hall–Kier alpha value is -1.12. The predicted octanol–water partition coefficient (Wildman–Crippen LogP) is -0.378. The summed E-state index contributed by atoms with van der Waals surface area (Å²) >= 11 is 0. The number of nitrogens with two attached hydrogens (primary N) is 2. The molecule has 3 nitrogen and oxygen atoms in total. The first-order chi connectivity index (χ1) is 4.20. The third-order valence-corrected chi connectivity index (χ3v) is 1.31. The Balaban J connectivity index is 2.83. The van der Waals surface area contributed by atoms with Crippen molar-refractivity contribution in [2.45, 2.75) is 6.92 Å². The highest BCUT2D eigenvalue weighted by molar-refractivity contribution is 5.28. The van der Waals surface area contributed by atoms with Crippen LogP contribution < -0.4 is 16.8 Å². The van der Waals surface area contributed by atoms with Crippen LogP contribution in [0.15, 0.2) is 23.2 Å². The summed E-state index contributed by atoms with van der Waals surface area (Å²) < 4.78 is 0. The fourth-order valence-corrected chi connectivity index (χ4v) is 0.744. The van der Waals surface area contributed by atoms with Crippen molar-refractivity contribution in [3.8, 4) is 0 Å². The van der Waals surface area contributed by atoms with E-state index in [0.29, 0.717) is 6.54 Å². The zero-order chi connectivity index (χ0) is 6.85. The van der Waals surface area contributed by atoms with Gasteiger partial charge in [0.15, 0.2) is 0 Å². The molecule has 0 spiro atoms. The van der Waals surface area contributed by atoms with Crippen LogP contribution in [0.2, 0.25) is 0 Å². The molecule has 0 unspecified atom stereocenters. The molecule has 0 radical (unpaired) electrons. The summed E-state index contributed by atoms with van der Waals surface area (Å²) in [7, 11) is 0. The Labute approximate surface area is 54.4 Å². The lowest BCUT2D eigenvalue weighted by atomic mass is 10.2. The van der Waals surface area contributed by atoms with Crippen molar-refractivity contribution in [3.05, 3.63) is 23.2 Å². The Kier molecular flexibility index (Phi) is 1.34. The SMILES string of the molecule is CC1=C(N)NCC(N)=C1. The van der Waals surface area contributed by atoms with E-state index in [0.717, 1.165) is 17.1 Å². The van der Waals surface area contributed by atoms with Crippen molar-refractivity contribution in [2.75, 3.05) is 6.54 Å². The van der Waals surface area contributed by atoms with Crippen molar-refractivity contribution in [1.82, 2.24) is 5.32 Å². The van der Waals surface area contributed by atoms with E-state index in [1.165, 1.54) is 0 Å². The van der Waals surface area contributed by atoms with Gasteiger partial charge in [0.25, 0.3) is 0 Å². The number of rotatable bonds is 0. The number of dihydropyridines is 1. The molecule has 0 amide bonds. The van der Waals surface area contributed by atoms with Crippen LogP contribution in [0.5, 0.6) is 0 Å².